The van der Waals surface area contributed by atoms with Gasteiger partial charge in [-0.05, 0) is 37.0 Å². The number of benzene rings is 1. The molecule has 0 radical (unpaired) electrons. The maximum absolute atomic E-state index is 6.20. The molecule has 0 amide bonds. The second kappa shape index (κ2) is 6.79. The van der Waals surface area contributed by atoms with Crippen molar-refractivity contribution in [2.45, 2.75) is 64.0 Å². The van der Waals surface area contributed by atoms with Crippen LogP contribution in [-0.4, -0.2) is 6.10 Å². The van der Waals surface area contributed by atoms with E-state index in [0.29, 0.717) is 6.10 Å². The van der Waals surface area contributed by atoms with Crippen molar-refractivity contribution < 1.29 is 4.74 Å². The average molecular weight is 247 g/mol. The van der Waals surface area contributed by atoms with Gasteiger partial charge in [-0.3, -0.25) is 0 Å². The van der Waals surface area contributed by atoms with Gasteiger partial charge in [0.1, 0.15) is 5.75 Å². The van der Waals surface area contributed by atoms with Crippen LogP contribution in [0.4, 0.5) is 0 Å². The predicted octanol–water partition coefficient (Wildman–Crippen LogP) is 4.20. The summed E-state index contributed by atoms with van der Waals surface area (Å²) in [6, 6.07) is 8.51. The molecule has 1 unspecified atom stereocenters. The monoisotopic (exact) mass is 247 g/mol. The maximum Gasteiger partial charge on any atom is 0.119 e. The Labute approximate surface area is 111 Å². The Morgan fingerprint density at radius 3 is 2.50 bits per heavy atom. The fourth-order valence-electron chi connectivity index (χ4n) is 2.13. The van der Waals surface area contributed by atoms with Crippen LogP contribution in [-0.2, 0) is 0 Å². The van der Waals surface area contributed by atoms with Crippen LogP contribution in [0, 0.1) is 0 Å². The second-order valence-corrected chi connectivity index (χ2v) is 5.34. The van der Waals surface area contributed by atoms with E-state index >= 15 is 0 Å². The molecule has 2 N–H and O–H groups in total. The minimum absolute atomic E-state index is 0.178. The van der Waals surface area contributed by atoms with Gasteiger partial charge >= 0.3 is 0 Å². The number of rotatable bonds is 8. The van der Waals surface area contributed by atoms with Crippen LogP contribution in [0.25, 0.3) is 0 Å². The fourth-order valence-corrected chi connectivity index (χ4v) is 2.13. The first-order valence-electron chi connectivity index (χ1n) is 7.32. The van der Waals surface area contributed by atoms with Gasteiger partial charge in [-0.1, -0.05) is 44.7 Å². The summed E-state index contributed by atoms with van der Waals surface area (Å²) in [6.07, 6.45) is 9.10. The number of ether oxygens (including phenoxy) is 1. The Hall–Kier alpha value is -1.02. The summed E-state index contributed by atoms with van der Waals surface area (Å²) in [6.45, 7) is 2.23. The lowest BCUT2D eigenvalue weighted by molar-refractivity contribution is 0.303. The average Bonchev–Trinajstić information content (AvgIpc) is 3.19. The molecule has 100 valence electrons. The molecule has 1 fully saturated rings. The number of hydrogen-bond acceptors (Lipinski definition) is 2. The summed E-state index contributed by atoms with van der Waals surface area (Å²) in [7, 11) is 0. The molecule has 0 bridgehead atoms. The highest BCUT2D eigenvalue weighted by molar-refractivity contribution is 5.29. The Bertz CT molecular complexity index is 343. The SMILES string of the molecule is CCCCCCC(N)c1ccc(OC2CC2)cc1. The zero-order valence-corrected chi connectivity index (χ0v) is 11.4. The number of nitrogens with two attached hydrogens (primary N) is 1. The highest BCUT2D eigenvalue weighted by atomic mass is 16.5. The van der Waals surface area contributed by atoms with Crippen molar-refractivity contribution in [1.82, 2.24) is 0 Å². The molecule has 2 heteroatoms. The Balaban J connectivity index is 1.76. The molecule has 1 aromatic carbocycles. The van der Waals surface area contributed by atoms with Gasteiger partial charge in [0.2, 0.25) is 0 Å². The Morgan fingerprint density at radius 2 is 1.89 bits per heavy atom. The van der Waals surface area contributed by atoms with E-state index < -0.39 is 0 Å². The van der Waals surface area contributed by atoms with E-state index in [1.54, 1.807) is 0 Å². The fraction of sp³-hybridized carbons (Fsp3) is 0.625. The van der Waals surface area contributed by atoms with Crippen LogP contribution in [0.1, 0.15) is 63.5 Å². The summed E-state index contributed by atoms with van der Waals surface area (Å²) in [4.78, 5) is 0. The minimum Gasteiger partial charge on any atom is -0.490 e. The zero-order valence-electron chi connectivity index (χ0n) is 11.4. The smallest absolute Gasteiger partial charge is 0.119 e. The molecular weight excluding hydrogens is 222 g/mol. The largest absolute Gasteiger partial charge is 0.490 e. The van der Waals surface area contributed by atoms with Gasteiger partial charge in [0.15, 0.2) is 0 Å². The third-order valence-electron chi connectivity index (χ3n) is 3.50. The van der Waals surface area contributed by atoms with Gasteiger partial charge in [-0.2, -0.15) is 0 Å². The van der Waals surface area contributed by atoms with Gasteiger partial charge in [-0.25, -0.2) is 0 Å². The van der Waals surface area contributed by atoms with Crippen LogP contribution in [0.15, 0.2) is 24.3 Å². The lowest BCUT2D eigenvalue weighted by atomic mass is 10.0. The number of unbranched alkanes of at least 4 members (excludes halogenated alkanes) is 3. The first-order chi connectivity index (χ1) is 8.79. The van der Waals surface area contributed by atoms with E-state index in [4.69, 9.17) is 10.5 Å². The van der Waals surface area contributed by atoms with Crippen LogP contribution in [0.3, 0.4) is 0 Å². The standard InChI is InChI=1S/C16H25NO/c1-2-3-4-5-6-16(17)13-7-9-14(10-8-13)18-15-11-12-15/h7-10,15-16H,2-6,11-12,17H2,1H3. The lowest BCUT2D eigenvalue weighted by Crippen LogP contribution is -2.10. The van der Waals surface area contributed by atoms with Crippen molar-refractivity contribution in [2.24, 2.45) is 5.73 Å². The summed E-state index contributed by atoms with van der Waals surface area (Å²) >= 11 is 0. The summed E-state index contributed by atoms with van der Waals surface area (Å²) in [5.41, 5.74) is 7.43. The van der Waals surface area contributed by atoms with E-state index in [2.05, 4.69) is 31.2 Å². The predicted molar refractivity (Wildman–Crippen MR) is 75.8 cm³/mol. The third-order valence-corrected chi connectivity index (χ3v) is 3.50. The van der Waals surface area contributed by atoms with Crippen molar-refractivity contribution in [3.05, 3.63) is 29.8 Å². The van der Waals surface area contributed by atoms with E-state index in [0.717, 1.165) is 12.2 Å². The van der Waals surface area contributed by atoms with Crippen LogP contribution in [0.5, 0.6) is 5.75 Å². The molecule has 2 rings (SSSR count). The molecule has 0 heterocycles. The second-order valence-electron chi connectivity index (χ2n) is 5.34. The quantitative estimate of drug-likeness (QED) is 0.699. The van der Waals surface area contributed by atoms with Crippen molar-refractivity contribution in [3.63, 3.8) is 0 Å². The minimum atomic E-state index is 0.178. The van der Waals surface area contributed by atoms with Gasteiger partial charge in [-0.15, -0.1) is 0 Å². The van der Waals surface area contributed by atoms with Crippen molar-refractivity contribution in [2.75, 3.05) is 0 Å². The van der Waals surface area contributed by atoms with Gasteiger partial charge in [0.25, 0.3) is 0 Å². The molecule has 0 aromatic heterocycles. The van der Waals surface area contributed by atoms with E-state index in [1.165, 1.54) is 44.1 Å². The molecule has 2 nitrogen and oxygen atoms in total. The summed E-state index contributed by atoms with van der Waals surface area (Å²) in [5, 5.41) is 0. The molecule has 0 spiro atoms. The van der Waals surface area contributed by atoms with Crippen molar-refractivity contribution in [3.8, 4) is 5.75 Å². The molecule has 1 atom stereocenters. The van der Waals surface area contributed by atoms with Gasteiger partial charge in [0.05, 0.1) is 6.10 Å². The number of hydrogen-bond donors (Lipinski definition) is 1. The molecule has 1 aliphatic carbocycles. The van der Waals surface area contributed by atoms with Crippen LogP contribution >= 0.6 is 0 Å². The maximum atomic E-state index is 6.20. The summed E-state index contributed by atoms with van der Waals surface area (Å²) < 4.78 is 5.73. The topological polar surface area (TPSA) is 35.2 Å². The van der Waals surface area contributed by atoms with E-state index in [-0.39, 0.29) is 6.04 Å². The van der Waals surface area contributed by atoms with Crippen molar-refractivity contribution in [1.29, 1.82) is 0 Å². The normalized spacial score (nSPS) is 16.6. The van der Waals surface area contributed by atoms with Gasteiger partial charge in [0, 0.05) is 6.04 Å². The molecule has 0 saturated heterocycles. The van der Waals surface area contributed by atoms with Crippen LogP contribution < -0.4 is 10.5 Å². The zero-order chi connectivity index (χ0) is 12.8. The van der Waals surface area contributed by atoms with Crippen LogP contribution in [0.2, 0.25) is 0 Å². The molecule has 1 aromatic rings. The molecule has 1 aliphatic rings. The van der Waals surface area contributed by atoms with Gasteiger partial charge < -0.3 is 10.5 Å². The summed E-state index contributed by atoms with van der Waals surface area (Å²) in [5.74, 6) is 0.986. The third kappa shape index (κ3) is 4.34. The first-order valence-corrected chi connectivity index (χ1v) is 7.32. The molecule has 1 saturated carbocycles. The van der Waals surface area contributed by atoms with E-state index in [1.807, 2.05) is 0 Å². The van der Waals surface area contributed by atoms with Crippen molar-refractivity contribution >= 4 is 0 Å². The molecule has 0 aliphatic heterocycles. The van der Waals surface area contributed by atoms with E-state index in [9.17, 15) is 0 Å². The molecular formula is C16H25NO. The highest BCUT2D eigenvalue weighted by Gasteiger charge is 2.23. The Morgan fingerprint density at radius 1 is 1.17 bits per heavy atom. The Kier molecular flexibility index (Phi) is 5.06. The highest BCUT2D eigenvalue weighted by Crippen LogP contribution is 2.27. The molecule has 18 heavy (non-hydrogen) atoms. The lowest BCUT2D eigenvalue weighted by Gasteiger charge is -2.12. The first kappa shape index (κ1) is 13.4.